The Morgan fingerprint density at radius 2 is 2.10 bits per heavy atom. The Balaban J connectivity index is 2.45. The summed E-state index contributed by atoms with van der Waals surface area (Å²) in [6.45, 7) is 5.47. The molecule has 20 heavy (non-hydrogen) atoms. The molecular weight excluding hydrogens is 340 g/mol. The van der Waals surface area contributed by atoms with E-state index in [9.17, 15) is 4.79 Å². The third kappa shape index (κ3) is 3.37. The van der Waals surface area contributed by atoms with Gasteiger partial charge in [0.25, 0.3) is 0 Å². The van der Waals surface area contributed by atoms with E-state index in [1.54, 1.807) is 0 Å². The number of hydrogen-bond acceptors (Lipinski definition) is 5. The summed E-state index contributed by atoms with van der Waals surface area (Å²) in [4.78, 5) is 16.6. The summed E-state index contributed by atoms with van der Waals surface area (Å²) in [5.74, 6) is -0.423. The highest BCUT2D eigenvalue weighted by molar-refractivity contribution is 9.10. The molecule has 0 atom stereocenters. The highest BCUT2D eigenvalue weighted by Gasteiger charge is 2.25. The van der Waals surface area contributed by atoms with Crippen molar-refractivity contribution in [2.45, 2.75) is 26.4 Å². The highest BCUT2D eigenvalue weighted by Crippen LogP contribution is 2.34. The number of nitrogens with zero attached hydrogens (tertiary/aromatic N) is 1. The maximum absolute atomic E-state index is 12.3. The fraction of sp³-hybridized carbons (Fsp3) is 0.286. The largest absolute Gasteiger partial charge is 0.456 e. The van der Waals surface area contributed by atoms with Gasteiger partial charge in [0.05, 0.1) is 5.69 Å². The lowest BCUT2D eigenvalue weighted by Crippen LogP contribution is -2.24. The molecule has 106 valence electrons. The Morgan fingerprint density at radius 3 is 2.70 bits per heavy atom. The molecule has 2 rings (SSSR count). The minimum absolute atomic E-state index is 0.385. The van der Waals surface area contributed by atoms with E-state index in [0.29, 0.717) is 26.4 Å². The van der Waals surface area contributed by atoms with Crippen molar-refractivity contribution in [3.05, 3.63) is 33.7 Å². The molecule has 0 aliphatic rings. The standard InChI is InChI=1S/C14H15BrN2O2S/c1-14(2,3)19-13(18)11-8(7-20-12(11)16)9-5-4-6-10(15)17-9/h4-7H,16H2,1-3H3. The van der Waals surface area contributed by atoms with Crippen LogP contribution in [0.25, 0.3) is 11.3 Å². The van der Waals surface area contributed by atoms with E-state index < -0.39 is 11.6 Å². The molecule has 0 saturated heterocycles. The summed E-state index contributed by atoms with van der Waals surface area (Å²) in [5, 5.41) is 2.26. The van der Waals surface area contributed by atoms with E-state index in [0.717, 1.165) is 0 Å². The van der Waals surface area contributed by atoms with Gasteiger partial charge in [0.2, 0.25) is 0 Å². The van der Waals surface area contributed by atoms with Gasteiger partial charge in [-0.15, -0.1) is 11.3 Å². The van der Waals surface area contributed by atoms with Crippen molar-refractivity contribution in [1.82, 2.24) is 4.98 Å². The molecule has 0 aromatic carbocycles. The third-order valence-electron chi connectivity index (χ3n) is 2.41. The van der Waals surface area contributed by atoms with Gasteiger partial charge in [-0.1, -0.05) is 6.07 Å². The number of carbonyl (C=O) groups is 1. The van der Waals surface area contributed by atoms with Crippen LogP contribution in [0.15, 0.2) is 28.2 Å². The molecule has 6 heteroatoms. The number of pyridine rings is 1. The first-order valence-corrected chi connectivity index (χ1v) is 7.68. The van der Waals surface area contributed by atoms with E-state index in [1.807, 2.05) is 44.4 Å². The molecule has 0 radical (unpaired) electrons. The minimum atomic E-state index is -0.562. The topological polar surface area (TPSA) is 65.2 Å². The van der Waals surface area contributed by atoms with Crippen molar-refractivity contribution in [3.63, 3.8) is 0 Å². The summed E-state index contributed by atoms with van der Waals surface area (Å²) in [6.07, 6.45) is 0. The molecular formula is C14H15BrN2O2S. The number of ether oxygens (including phenoxy) is 1. The van der Waals surface area contributed by atoms with Gasteiger partial charge in [0.15, 0.2) is 0 Å². The Labute approximate surface area is 130 Å². The van der Waals surface area contributed by atoms with E-state index in [2.05, 4.69) is 20.9 Å². The Bertz CT molecular complexity index is 647. The van der Waals surface area contributed by atoms with Crippen LogP contribution in [0.4, 0.5) is 5.00 Å². The number of carbonyl (C=O) groups excluding carboxylic acids is 1. The number of hydrogen-bond donors (Lipinski definition) is 1. The van der Waals surface area contributed by atoms with Crippen LogP contribution in [0.3, 0.4) is 0 Å². The molecule has 0 aliphatic carbocycles. The zero-order valence-corrected chi connectivity index (χ0v) is 13.8. The number of anilines is 1. The van der Waals surface area contributed by atoms with Gasteiger partial charge in [0, 0.05) is 10.9 Å². The van der Waals surface area contributed by atoms with Gasteiger partial charge in [-0.3, -0.25) is 0 Å². The number of rotatable bonds is 2. The van der Waals surface area contributed by atoms with Crippen LogP contribution < -0.4 is 5.73 Å². The fourth-order valence-electron chi connectivity index (χ4n) is 1.66. The highest BCUT2D eigenvalue weighted by atomic mass is 79.9. The summed E-state index contributed by atoms with van der Waals surface area (Å²) < 4.78 is 6.11. The molecule has 0 unspecified atom stereocenters. The zero-order chi connectivity index (χ0) is 14.9. The molecule has 0 saturated carbocycles. The first kappa shape index (κ1) is 15.0. The second-order valence-corrected chi connectivity index (χ2v) is 6.96. The smallest absolute Gasteiger partial charge is 0.342 e. The summed E-state index contributed by atoms with van der Waals surface area (Å²) in [6, 6.07) is 5.52. The Morgan fingerprint density at radius 1 is 1.40 bits per heavy atom. The first-order chi connectivity index (χ1) is 9.28. The van der Waals surface area contributed by atoms with Crippen LogP contribution in [-0.4, -0.2) is 16.6 Å². The molecule has 0 spiro atoms. The number of thiophene rings is 1. The number of aromatic nitrogens is 1. The molecule has 4 nitrogen and oxygen atoms in total. The predicted octanol–water partition coefficient (Wildman–Crippen LogP) is 4.11. The zero-order valence-electron chi connectivity index (χ0n) is 11.4. The molecule has 2 aromatic rings. The molecule has 2 heterocycles. The molecule has 0 amide bonds. The van der Waals surface area contributed by atoms with Gasteiger partial charge in [-0.25, -0.2) is 9.78 Å². The molecule has 2 N–H and O–H groups in total. The van der Waals surface area contributed by atoms with Crippen LogP contribution in [0.2, 0.25) is 0 Å². The van der Waals surface area contributed by atoms with Crippen LogP contribution in [0.5, 0.6) is 0 Å². The van der Waals surface area contributed by atoms with Gasteiger partial charge in [-0.05, 0) is 48.8 Å². The lowest BCUT2D eigenvalue weighted by Gasteiger charge is -2.19. The van der Waals surface area contributed by atoms with Crippen LogP contribution >= 0.6 is 27.3 Å². The maximum Gasteiger partial charge on any atom is 0.342 e. The SMILES string of the molecule is CC(C)(C)OC(=O)c1c(-c2cccc(Br)n2)csc1N. The van der Waals surface area contributed by atoms with E-state index in [-0.39, 0.29) is 0 Å². The predicted molar refractivity (Wildman–Crippen MR) is 84.8 cm³/mol. The average Bonchev–Trinajstić information content (AvgIpc) is 2.69. The van der Waals surface area contributed by atoms with Crippen LogP contribution in [-0.2, 0) is 4.74 Å². The van der Waals surface area contributed by atoms with E-state index in [1.165, 1.54) is 11.3 Å². The second kappa shape index (κ2) is 5.54. The molecule has 0 aliphatic heterocycles. The van der Waals surface area contributed by atoms with Crippen molar-refractivity contribution < 1.29 is 9.53 Å². The normalized spacial score (nSPS) is 11.4. The lowest BCUT2D eigenvalue weighted by molar-refractivity contribution is 0.00722. The van der Waals surface area contributed by atoms with Gasteiger partial charge < -0.3 is 10.5 Å². The summed E-state index contributed by atoms with van der Waals surface area (Å²) >= 11 is 4.63. The van der Waals surface area contributed by atoms with Gasteiger partial charge >= 0.3 is 5.97 Å². The van der Waals surface area contributed by atoms with Gasteiger partial charge in [-0.2, -0.15) is 0 Å². The monoisotopic (exact) mass is 354 g/mol. The fourth-order valence-corrected chi connectivity index (χ4v) is 2.80. The number of nitrogens with two attached hydrogens (primary N) is 1. The average molecular weight is 355 g/mol. The lowest BCUT2D eigenvalue weighted by atomic mass is 10.1. The third-order valence-corrected chi connectivity index (χ3v) is 3.67. The Hall–Kier alpha value is -1.40. The molecule has 0 fully saturated rings. The second-order valence-electron chi connectivity index (χ2n) is 5.24. The van der Waals surface area contributed by atoms with Crippen molar-refractivity contribution in [2.75, 3.05) is 5.73 Å². The maximum atomic E-state index is 12.3. The van der Waals surface area contributed by atoms with Crippen molar-refractivity contribution in [3.8, 4) is 11.3 Å². The number of nitrogen functional groups attached to an aromatic ring is 1. The van der Waals surface area contributed by atoms with Gasteiger partial charge in [0.1, 0.15) is 20.8 Å². The number of esters is 1. The summed E-state index contributed by atoms with van der Waals surface area (Å²) in [7, 11) is 0. The van der Waals surface area contributed by atoms with Crippen molar-refractivity contribution >= 4 is 38.2 Å². The first-order valence-electron chi connectivity index (χ1n) is 6.01. The molecule has 0 bridgehead atoms. The number of halogens is 1. The van der Waals surface area contributed by atoms with Crippen molar-refractivity contribution in [1.29, 1.82) is 0 Å². The Kier molecular flexibility index (Phi) is 4.15. The van der Waals surface area contributed by atoms with Crippen LogP contribution in [0.1, 0.15) is 31.1 Å². The summed E-state index contributed by atoms with van der Waals surface area (Å²) in [5.41, 5.74) is 7.12. The van der Waals surface area contributed by atoms with E-state index in [4.69, 9.17) is 10.5 Å². The van der Waals surface area contributed by atoms with E-state index >= 15 is 0 Å². The van der Waals surface area contributed by atoms with Crippen molar-refractivity contribution in [2.24, 2.45) is 0 Å². The minimum Gasteiger partial charge on any atom is -0.456 e. The quantitative estimate of drug-likeness (QED) is 0.650. The molecule has 2 aromatic heterocycles. The van der Waals surface area contributed by atoms with Crippen LogP contribution in [0, 0.1) is 0 Å².